The van der Waals surface area contributed by atoms with Gasteiger partial charge in [0.1, 0.15) is 0 Å². The van der Waals surface area contributed by atoms with E-state index in [1.165, 1.54) is 17.0 Å². The van der Waals surface area contributed by atoms with Crippen LogP contribution in [0.25, 0.3) is 0 Å². The monoisotopic (exact) mass is 258 g/mol. The van der Waals surface area contributed by atoms with E-state index in [-0.39, 0.29) is 6.04 Å². The van der Waals surface area contributed by atoms with E-state index < -0.39 is 0 Å². The molecule has 0 spiro atoms. The Morgan fingerprint density at radius 2 is 2.11 bits per heavy atom. The predicted octanol–water partition coefficient (Wildman–Crippen LogP) is 3.51. The smallest absolute Gasteiger partial charge is 0.0962 e. The minimum Gasteiger partial charge on any atom is -0.324 e. The lowest BCUT2D eigenvalue weighted by molar-refractivity contribution is 0.707. The zero-order chi connectivity index (χ0) is 12.5. The average Bonchev–Trinajstić information content (AvgIpc) is 2.94. The molecular weight excluding hydrogens is 240 g/mol. The molecule has 3 rings (SSSR count). The topological polar surface area (TPSA) is 38.9 Å². The molecule has 0 bridgehead atoms. The first-order valence-electron chi connectivity index (χ1n) is 6.49. The molecule has 3 unspecified atom stereocenters. The van der Waals surface area contributed by atoms with Crippen molar-refractivity contribution in [1.82, 2.24) is 4.98 Å². The van der Waals surface area contributed by atoms with Crippen LogP contribution in [0.15, 0.2) is 35.7 Å². The Hall–Kier alpha value is -1.19. The zero-order valence-electron chi connectivity index (χ0n) is 10.5. The summed E-state index contributed by atoms with van der Waals surface area (Å²) in [5.74, 6) is 1.54. The van der Waals surface area contributed by atoms with E-state index in [1.54, 1.807) is 11.3 Å². The highest BCUT2D eigenvalue weighted by atomic mass is 32.1. The second-order valence-corrected chi connectivity index (χ2v) is 6.11. The maximum absolute atomic E-state index is 6.22. The van der Waals surface area contributed by atoms with Crippen molar-refractivity contribution in [2.75, 3.05) is 0 Å². The Kier molecular flexibility index (Phi) is 3.18. The maximum Gasteiger partial charge on any atom is 0.0962 e. The molecule has 0 saturated heterocycles. The van der Waals surface area contributed by atoms with Crippen LogP contribution in [0.2, 0.25) is 0 Å². The number of rotatable bonds is 4. The zero-order valence-corrected chi connectivity index (χ0v) is 11.4. The molecule has 3 heteroatoms. The van der Waals surface area contributed by atoms with Crippen LogP contribution in [0.1, 0.15) is 41.6 Å². The Morgan fingerprint density at radius 1 is 1.39 bits per heavy atom. The van der Waals surface area contributed by atoms with Crippen molar-refractivity contribution in [1.29, 1.82) is 0 Å². The molecule has 0 amide bonds. The molecule has 1 heterocycles. The fraction of sp³-hybridized carbons (Fsp3) is 0.400. The average molecular weight is 258 g/mol. The molecule has 0 aliphatic heterocycles. The fourth-order valence-corrected chi connectivity index (χ4v) is 3.38. The quantitative estimate of drug-likeness (QED) is 0.911. The summed E-state index contributed by atoms with van der Waals surface area (Å²) in [6.45, 7) is 2.29. The van der Waals surface area contributed by atoms with Gasteiger partial charge in [0.15, 0.2) is 0 Å². The number of benzene rings is 1. The van der Waals surface area contributed by atoms with Crippen LogP contribution in [0.3, 0.4) is 0 Å². The molecular formula is C15H18N2S. The van der Waals surface area contributed by atoms with E-state index in [2.05, 4.69) is 24.4 Å². The Morgan fingerprint density at radius 3 is 2.78 bits per heavy atom. The first-order chi connectivity index (χ1) is 8.74. The van der Waals surface area contributed by atoms with E-state index in [9.17, 15) is 0 Å². The van der Waals surface area contributed by atoms with Crippen molar-refractivity contribution < 1.29 is 0 Å². The molecule has 2 N–H and O–H groups in total. The van der Waals surface area contributed by atoms with Crippen LogP contribution in [-0.2, 0) is 6.42 Å². The molecule has 94 valence electrons. The lowest BCUT2D eigenvalue weighted by Crippen LogP contribution is -2.13. The molecule has 1 aromatic heterocycles. The maximum atomic E-state index is 6.22. The largest absolute Gasteiger partial charge is 0.324 e. The Labute approximate surface area is 112 Å². The van der Waals surface area contributed by atoms with E-state index in [1.807, 2.05) is 18.2 Å². The van der Waals surface area contributed by atoms with Gasteiger partial charge in [-0.2, -0.15) is 0 Å². The summed E-state index contributed by atoms with van der Waals surface area (Å²) in [6.07, 6.45) is 2.14. The second kappa shape index (κ2) is 4.82. The summed E-state index contributed by atoms with van der Waals surface area (Å²) in [5, 5.41) is 3.47. The summed E-state index contributed by atoms with van der Waals surface area (Å²) in [5.41, 5.74) is 8.55. The van der Waals surface area contributed by atoms with Crippen LogP contribution in [0, 0.1) is 5.92 Å². The highest BCUT2D eigenvalue weighted by Gasteiger charge is 2.36. The summed E-state index contributed by atoms with van der Waals surface area (Å²) < 4.78 is 0. The fourth-order valence-electron chi connectivity index (χ4n) is 2.30. The summed E-state index contributed by atoms with van der Waals surface area (Å²) >= 11 is 1.79. The molecule has 1 fully saturated rings. The van der Waals surface area contributed by atoms with E-state index >= 15 is 0 Å². The molecule has 1 aromatic carbocycles. The van der Waals surface area contributed by atoms with Gasteiger partial charge in [-0.1, -0.05) is 37.3 Å². The predicted molar refractivity (Wildman–Crippen MR) is 75.7 cm³/mol. The third-order valence-corrected chi connectivity index (χ3v) is 4.68. The SMILES string of the molecule is CC1CC1c1nc(CC(N)c2ccccc2)cs1. The van der Waals surface area contributed by atoms with Crippen molar-refractivity contribution in [3.8, 4) is 0 Å². The highest BCUT2D eigenvalue weighted by Crippen LogP contribution is 2.47. The molecule has 0 radical (unpaired) electrons. The van der Waals surface area contributed by atoms with Gasteiger partial charge in [-0.25, -0.2) is 4.98 Å². The summed E-state index contributed by atoms with van der Waals surface area (Å²) in [4.78, 5) is 4.73. The first-order valence-corrected chi connectivity index (χ1v) is 7.37. The molecule has 3 atom stereocenters. The number of hydrogen-bond donors (Lipinski definition) is 1. The molecule has 2 aromatic rings. The Bertz CT molecular complexity index is 520. The standard InChI is InChI=1S/C15H18N2S/c1-10-7-13(10)15-17-12(9-18-15)8-14(16)11-5-3-2-4-6-11/h2-6,9-10,13-14H,7-8,16H2,1H3. The molecule has 18 heavy (non-hydrogen) atoms. The van der Waals surface area contributed by atoms with E-state index in [0.717, 1.165) is 24.0 Å². The highest BCUT2D eigenvalue weighted by molar-refractivity contribution is 7.09. The summed E-state index contributed by atoms with van der Waals surface area (Å²) in [7, 11) is 0. The van der Waals surface area contributed by atoms with Gasteiger partial charge in [-0.15, -0.1) is 11.3 Å². The third kappa shape index (κ3) is 2.47. The number of nitrogens with zero attached hydrogens (tertiary/aromatic N) is 1. The normalized spacial score (nSPS) is 23.9. The lowest BCUT2D eigenvalue weighted by atomic mass is 10.0. The van der Waals surface area contributed by atoms with Crippen LogP contribution in [-0.4, -0.2) is 4.98 Å². The minimum absolute atomic E-state index is 0.0535. The van der Waals surface area contributed by atoms with Crippen molar-refractivity contribution in [3.63, 3.8) is 0 Å². The van der Waals surface area contributed by atoms with Gasteiger partial charge in [-0.05, 0) is 17.9 Å². The van der Waals surface area contributed by atoms with Gasteiger partial charge in [0, 0.05) is 23.8 Å². The minimum atomic E-state index is 0.0535. The van der Waals surface area contributed by atoms with Crippen LogP contribution >= 0.6 is 11.3 Å². The lowest BCUT2D eigenvalue weighted by Gasteiger charge is -2.09. The van der Waals surface area contributed by atoms with Gasteiger partial charge in [-0.3, -0.25) is 0 Å². The van der Waals surface area contributed by atoms with Crippen LogP contribution in [0.4, 0.5) is 0 Å². The number of hydrogen-bond acceptors (Lipinski definition) is 3. The van der Waals surface area contributed by atoms with E-state index in [4.69, 9.17) is 10.7 Å². The van der Waals surface area contributed by atoms with E-state index in [0.29, 0.717) is 0 Å². The second-order valence-electron chi connectivity index (χ2n) is 5.22. The van der Waals surface area contributed by atoms with Gasteiger partial charge < -0.3 is 5.73 Å². The van der Waals surface area contributed by atoms with Crippen LogP contribution in [0.5, 0.6) is 0 Å². The van der Waals surface area contributed by atoms with Gasteiger partial charge >= 0.3 is 0 Å². The van der Waals surface area contributed by atoms with Gasteiger partial charge in [0.2, 0.25) is 0 Å². The summed E-state index contributed by atoms with van der Waals surface area (Å²) in [6, 6.07) is 10.3. The van der Waals surface area contributed by atoms with Crippen LogP contribution < -0.4 is 5.73 Å². The Balaban J connectivity index is 1.67. The number of nitrogens with two attached hydrogens (primary N) is 1. The molecule has 2 nitrogen and oxygen atoms in total. The van der Waals surface area contributed by atoms with Gasteiger partial charge in [0.25, 0.3) is 0 Å². The third-order valence-electron chi connectivity index (χ3n) is 3.65. The molecule has 1 aliphatic rings. The first kappa shape index (κ1) is 11.9. The van der Waals surface area contributed by atoms with Gasteiger partial charge in [0.05, 0.1) is 10.7 Å². The molecule has 1 saturated carbocycles. The molecule has 1 aliphatic carbocycles. The number of thiazole rings is 1. The number of aromatic nitrogens is 1. The van der Waals surface area contributed by atoms with Crippen molar-refractivity contribution in [2.45, 2.75) is 31.7 Å². The van der Waals surface area contributed by atoms with Crippen molar-refractivity contribution >= 4 is 11.3 Å². The van der Waals surface area contributed by atoms with Crippen molar-refractivity contribution in [2.24, 2.45) is 11.7 Å². The van der Waals surface area contributed by atoms with Crippen molar-refractivity contribution in [3.05, 3.63) is 52.0 Å².